The zero-order chi connectivity index (χ0) is 19.0. The number of guanidine groups is 1. The summed E-state index contributed by atoms with van der Waals surface area (Å²) in [4.78, 5) is 23.4. The fraction of sp³-hybridized carbons (Fsp3) is 0.421. The van der Waals surface area contributed by atoms with Gasteiger partial charge in [0.25, 0.3) is 5.91 Å². The number of rotatable bonds is 3. The van der Waals surface area contributed by atoms with Crippen molar-refractivity contribution in [2.24, 2.45) is 15.9 Å². The number of ether oxygens (including phenoxy) is 1. The number of aliphatic imine (C=N–C) groups is 2. The van der Waals surface area contributed by atoms with Crippen molar-refractivity contribution < 1.29 is 13.9 Å². The summed E-state index contributed by atoms with van der Waals surface area (Å²) in [6.07, 6.45) is 3.84. The van der Waals surface area contributed by atoms with Gasteiger partial charge in [-0.25, -0.2) is 24.8 Å². The standard InChI is InChI=1S/C19H22FN5O2/c1-12-8-17(25-19(23-12)21-11-22-25)13-4-3-7-24(10-13)18(26)15-9-14(27-2)5-6-16(15)20/h5-6,8-9,13,22H,3-4,7,10-11H2,1-2H3. The molecule has 3 aliphatic rings. The number of likely N-dealkylation sites (tertiary alicyclic amines) is 1. The normalized spacial score (nSPS) is 22.0. The van der Waals surface area contributed by atoms with Gasteiger partial charge in [0.1, 0.15) is 18.2 Å². The van der Waals surface area contributed by atoms with Gasteiger partial charge in [-0.15, -0.1) is 0 Å². The van der Waals surface area contributed by atoms with Gasteiger partial charge in [-0.05, 0) is 44.0 Å². The van der Waals surface area contributed by atoms with Gasteiger partial charge < -0.3 is 9.64 Å². The fourth-order valence-electron chi connectivity index (χ4n) is 3.75. The van der Waals surface area contributed by atoms with Gasteiger partial charge in [0, 0.05) is 30.4 Å². The molecule has 0 bridgehead atoms. The van der Waals surface area contributed by atoms with E-state index in [1.165, 1.54) is 25.3 Å². The Morgan fingerprint density at radius 1 is 1.41 bits per heavy atom. The third-order valence-electron chi connectivity index (χ3n) is 5.07. The highest BCUT2D eigenvalue weighted by molar-refractivity contribution is 6.05. The highest BCUT2D eigenvalue weighted by Gasteiger charge is 2.34. The molecule has 0 aliphatic carbocycles. The Hall–Kier alpha value is -2.74. The number of hydrazine groups is 1. The largest absolute Gasteiger partial charge is 0.497 e. The number of hydrogen-bond donors (Lipinski definition) is 1. The summed E-state index contributed by atoms with van der Waals surface area (Å²) in [6, 6.07) is 4.25. The van der Waals surface area contributed by atoms with E-state index in [-0.39, 0.29) is 17.4 Å². The van der Waals surface area contributed by atoms with E-state index in [4.69, 9.17) is 4.74 Å². The van der Waals surface area contributed by atoms with Crippen LogP contribution in [0.25, 0.3) is 0 Å². The Balaban J connectivity index is 1.56. The van der Waals surface area contributed by atoms with Crippen LogP contribution in [0.15, 0.2) is 40.0 Å². The molecule has 8 heteroatoms. The molecule has 1 fully saturated rings. The minimum Gasteiger partial charge on any atom is -0.497 e. The number of amides is 1. The minimum atomic E-state index is -0.529. The van der Waals surface area contributed by atoms with Gasteiger partial charge in [-0.3, -0.25) is 4.79 Å². The molecule has 27 heavy (non-hydrogen) atoms. The van der Waals surface area contributed by atoms with E-state index in [1.54, 1.807) is 4.90 Å². The summed E-state index contributed by atoms with van der Waals surface area (Å²) in [5.74, 6) is 0.432. The molecule has 1 aromatic rings. The van der Waals surface area contributed by atoms with Gasteiger partial charge in [-0.1, -0.05) is 0 Å². The maximum Gasteiger partial charge on any atom is 0.256 e. The maximum atomic E-state index is 14.2. The van der Waals surface area contributed by atoms with Crippen LogP contribution >= 0.6 is 0 Å². The summed E-state index contributed by atoms with van der Waals surface area (Å²) in [5, 5.41) is 1.90. The summed E-state index contributed by atoms with van der Waals surface area (Å²) in [7, 11) is 1.50. The SMILES string of the molecule is COc1ccc(F)c(C(=O)N2CCCC(C3=CC(C)=NC4=NCNN34)C2)c1. The van der Waals surface area contributed by atoms with Gasteiger partial charge in [-0.2, -0.15) is 0 Å². The van der Waals surface area contributed by atoms with Crippen LogP contribution in [0.3, 0.4) is 0 Å². The number of nitrogens with zero attached hydrogens (tertiary/aromatic N) is 4. The lowest BCUT2D eigenvalue weighted by molar-refractivity contribution is 0.0674. The Morgan fingerprint density at radius 2 is 2.26 bits per heavy atom. The number of allylic oxidation sites excluding steroid dienone is 1. The first-order valence-corrected chi connectivity index (χ1v) is 9.04. The number of benzene rings is 1. The summed E-state index contributed by atoms with van der Waals surface area (Å²) >= 11 is 0. The van der Waals surface area contributed by atoms with Crippen LogP contribution in [0.2, 0.25) is 0 Å². The molecule has 142 valence electrons. The van der Waals surface area contributed by atoms with Crippen LogP contribution < -0.4 is 10.2 Å². The molecule has 4 rings (SSSR count). The van der Waals surface area contributed by atoms with E-state index < -0.39 is 5.82 Å². The zero-order valence-electron chi connectivity index (χ0n) is 15.4. The van der Waals surface area contributed by atoms with Crippen LogP contribution in [0, 0.1) is 11.7 Å². The lowest BCUT2D eigenvalue weighted by Gasteiger charge is -2.37. The number of carbonyl (C=O) groups is 1. The first-order chi connectivity index (χ1) is 13.1. The lowest BCUT2D eigenvalue weighted by Crippen LogP contribution is -2.46. The number of fused-ring (bicyclic) bond motifs is 1. The highest BCUT2D eigenvalue weighted by Crippen LogP contribution is 2.30. The topological polar surface area (TPSA) is 69.5 Å². The van der Waals surface area contributed by atoms with E-state index in [0.29, 0.717) is 31.5 Å². The van der Waals surface area contributed by atoms with Crippen molar-refractivity contribution >= 4 is 17.6 Å². The zero-order valence-corrected chi connectivity index (χ0v) is 15.4. The molecular weight excluding hydrogens is 349 g/mol. The van der Waals surface area contributed by atoms with Crippen molar-refractivity contribution in [3.63, 3.8) is 0 Å². The number of methoxy groups -OCH3 is 1. The summed E-state index contributed by atoms with van der Waals surface area (Å²) in [5.41, 5.74) is 5.20. The van der Waals surface area contributed by atoms with Crippen molar-refractivity contribution in [3.8, 4) is 5.75 Å². The third kappa shape index (κ3) is 3.32. The van der Waals surface area contributed by atoms with Crippen LogP contribution in [-0.4, -0.2) is 54.4 Å². The molecule has 0 aromatic heterocycles. The maximum absolute atomic E-state index is 14.2. The van der Waals surface area contributed by atoms with Crippen molar-refractivity contribution in [2.75, 3.05) is 26.9 Å². The van der Waals surface area contributed by atoms with E-state index in [0.717, 1.165) is 24.3 Å². The first kappa shape index (κ1) is 17.7. The Labute approximate surface area is 157 Å². The van der Waals surface area contributed by atoms with E-state index in [9.17, 15) is 9.18 Å². The second-order valence-electron chi connectivity index (χ2n) is 6.87. The van der Waals surface area contributed by atoms with Crippen molar-refractivity contribution in [1.82, 2.24) is 15.3 Å². The number of nitrogens with one attached hydrogen (secondary N) is 1. The van der Waals surface area contributed by atoms with Crippen LogP contribution in [-0.2, 0) is 0 Å². The van der Waals surface area contributed by atoms with E-state index in [1.807, 2.05) is 18.0 Å². The van der Waals surface area contributed by atoms with Crippen LogP contribution in [0.1, 0.15) is 30.1 Å². The molecule has 1 amide bonds. The lowest BCUT2D eigenvalue weighted by atomic mass is 9.92. The molecule has 7 nitrogen and oxygen atoms in total. The number of halogens is 1. The highest BCUT2D eigenvalue weighted by atomic mass is 19.1. The van der Waals surface area contributed by atoms with Crippen molar-refractivity contribution in [2.45, 2.75) is 19.8 Å². The predicted octanol–water partition coefficient (Wildman–Crippen LogP) is 2.18. The molecule has 0 radical (unpaired) electrons. The minimum absolute atomic E-state index is 0.0481. The van der Waals surface area contributed by atoms with Crippen molar-refractivity contribution in [1.29, 1.82) is 0 Å². The molecule has 1 unspecified atom stereocenters. The number of hydrogen-bond acceptors (Lipinski definition) is 6. The predicted molar refractivity (Wildman–Crippen MR) is 100 cm³/mol. The molecule has 1 N–H and O–H groups in total. The number of carbonyl (C=O) groups excluding carboxylic acids is 1. The van der Waals surface area contributed by atoms with E-state index in [2.05, 4.69) is 15.4 Å². The summed E-state index contributed by atoms with van der Waals surface area (Å²) in [6.45, 7) is 3.57. The molecule has 0 spiro atoms. The van der Waals surface area contributed by atoms with Gasteiger partial charge >= 0.3 is 0 Å². The second-order valence-corrected chi connectivity index (χ2v) is 6.87. The smallest absolute Gasteiger partial charge is 0.256 e. The summed E-state index contributed by atoms with van der Waals surface area (Å²) < 4.78 is 19.4. The Morgan fingerprint density at radius 3 is 3.07 bits per heavy atom. The Kier molecular flexibility index (Phi) is 4.65. The van der Waals surface area contributed by atoms with Gasteiger partial charge in [0.05, 0.1) is 12.7 Å². The average Bonchev–Trinajstić information content (AvgIpc) is 3.15. The Bertz CT molecular complexity index is 864. The van der Waals surface area contributed by atoms with Gasteiger partial charge in [0.15, 0.2) is 0 Å². The molecule has 3 heterocycles. The van der Waals surface area contributed by atoms with Crippen LogP contribution in [0.5, 0.6) is 5.75 Å². The van der Waals surface area contributed by atoms with Crippen molar-refractivity contribution in [3.05, 3.63) is 41.4 Å². The van der Waals surface area contributed by atoms with E-state index >= 15 is 0 Å². The quantitative estimate of drug-likeness (QED) is 0.884. The monoisotopic (exact) mass is 371 g/mol. The molecular formula is C19H22FN5O2. The second kappa shape index (κ2) is 7.11. The third-order valence-corrected chi connectivity index (χ3v) is 5.07. The van der Waals surface area contributed by atoms with Gasteiger partial charge in [0.2, 0.25) is 5.96 Å². The average molecular weight is 371 g/mol. The molecule has 1 atom stereocenters. The molecule has 1 aromatic carbocycles. The van der Waals surface area contributed by atoms with Crippen LogP contribution in [0.4, 0.5) is 4.39 Å². The molecule has 3 aliphatic heterocycles. The first-order valence-electron chi connectivity index (χ1n) is 9.04. The number of piperidine rings is 1. The molecule has 1 saturated heterocycles. The molecule has 0 saturated carbocycles. The fourth-order valence-corrected chi connectivity index (χ4v) is 3.75.